The first-order chi connectivity index (χ1) is 9.33. The van der Waals surface area contributed by atoms with Gasteiger partial charge in [-0.15, -0.1) is 0 Å². The van der Waals surface area contributed by atoms with E-state index in [4.69, 9.17) is 5.73 Å². The summed E-state index contributed by atoms with van der Waals surface area (Å²) in [7, 11) is 1.61. The smallest absolute Gasteiger partial charge is 0.272 e. The Morgan fingerprint density at radius 1 is 1.40 bits per heavy atom. The van der Waals surface area contributed by atoms with Crippen molar-refractivity contribution in [2.45, 2.75) is 20.8 Å². The molecule has 110 valence electrons. The normalized spacial score (nSPS) is 13.8. The van der Waals surface area contributed by atoms with Gasteiger partial charge in [-0.05, 0) is 37.5 Å². The molecule has 20 heavy (non-hydrogen) atoms. The summed E-state index contributed by atoms with van der Waals surface area (Å²) in [5.41, 5.74) is 7.95. The van der Waals surface area contributed by atoms with E-state index in [1.807, 2.05) is 45.1 Å². The summed E-state index contributed by atoms with van der Waals surface area (Å²) in [6.07, 6.45) is 9.23. The Hall–Kier alpha value is -2.07. The van der Waals surface area contributed by atoms with Gasteiger partial charge in [0.25, 0.3) is 5.91 Å². The van der Waals surface area contributed by atoms with Crippen molar-refractivity contribution < 1.29 is 9.90 Å². The standard InChI is InChI=1S/C16H24N2O2/c1-6-7-8-13(3)15(11-19)9-12(2)10-18(5)16(20)14(4)17/h6-10,19H,4,11,17H2,1-3,5H3/b7-6-,12-10+,13-8-,15-9+. The molecule has 1 amide bonds. The number of hydrogen-bond donors (Lipinski definition) is 2. The molecule has 0 saturated heterocycles. The van der Waals surface area contributed by atoms with E-state index in [0.717, 1.165) is 16.7 Å². The number of allylic oxidation sites excluding steroid dienone is 5. The van der Waals surface area contributed by atoms with E-state index in [9.17, 15) is 9.90 Å². The summed E-state index contributed by atoms with van der Waals surface area (Å²) in [5, 5.41) is 9.40. The Morgan fingerprint density at radius 3 is 2.45 bits per heavy atom. The topological polar surface area (TPSA) is 66.6 Å². The lowest BCUT2D eigenvalue weighted by molar-refractivity contribution is -0.123. The zero-order valence-corrected chi connectivity index (χ0v) is 12.7. The maximum absolute atomic E-state index is 11.6. The van der Waals surface area contributed by atoms with E-state index in [1.54, 1.807) is 13.2 Å². The Kier molecular flexibility index (Phi) is 8.01. The second-order valence-corrected chi connectivity index (χ2v) is 4.52. The highest BCUT2D eigenvalue weighted by Gasteiger charge is 2.07. The van der Waals surface area contributed by atoms with E-state index in [-0.39, 0.29) is 18.2 Å². The summed E-state index contributed by atoms with van der Waals surface area (Å²) < 4.78 is 0. The minimum absolute atomic E-state index is 0.00734. The zero-order chi connectivity index (χ0) is 15.7. The van der Waals surface area contributed by atoms with E-state index < -0.39 is 0 Å². The molecule has 4 nitrogen and oxygen atoms in total. The van der Waals surface area contributed by atoms with Crippen LogP contribution in [0.4, 0.5) is 0 Å². The van der Waals surface area contributed by atoms with E-state index in [0.29, 0.717) is 0 Å². The first kappa shape index (κ1) is 17.9. The van der Waals surface area contributed by atoms with Crippen LogP contribution in [-0.4, -0.2) is 29.6 Å². The fraction of sp³-hybridized carbons (Fsp3) is 0.312. The summed E-state index contributed by atoms with van der Waals surface area (Å²) >= 11 is 0. The van der Waals surface area contributed by atoms with Crippen molar-refractivity contribution in [1.29, 1.82) is 0 Å². The van der Waals surface area contributed by atoms with Crippen LogP contribution in [0.3, 0.4) is 0 Å². The summed E-state index contributed by atoms with van der Waals surface area (Å²) in [6, 6.07) is 0. The highest BCUT2D eigenvalue weighted by atomic mass is 16.3. The Bertz CT molecular complexity index is 483. The molecule has 3 N–H and O–H groups in total. The quantitative estimate of drug-likeness (QED) is 0.577. The molecule has 0 atom stereocenters. The first-order valence-corrected chi connectivity index (χ1v) is 6.34. The summed E-state index contributed by atoms with van der Waals surface area (Å²) in [4.78, 5) is 12.9. The number of hydrogen-bond acceptors (Lipinski definition) is 3. The van der Waals surface area contributed by atoms with Gasteiger partial charge in [0, 0.05) is 13.2 Å². The lowest BCUT2D eigenvalue weighted by Gasteiger charge is -2.13. The molecule has 0 aliphatic heterocycles. The van der Waals surface area contributed by atoms with Gasteiger partial charge in [0.15, 0.2) is 0 Å². The number of aliphatic hydroxyl groups is 1. The molecule has 0 bridgehead atoms. The largest absolute Gasteiger partial charge is 0.395 e. The van der Waals surface area contributed by atoms with Crippen LogP contribution in [0.2, 0.25) is 0 Å². The number of carbonyl (C=O) groups excluding carboxylic acids is 1. The summed E-state index contributed by atoms with van der Waals surface area (Å²) in [5.74, 6) is -0.343. The maximum Gasteiger partial charge on any atom is 0.272 e. The molecule has 0 aliphatic carbocycles. The van der Waals surface area contributed by atoms with E-state index in [1.165, 1.54) is 4.90 Å². The van der Waals surface area contributed by atoms with E-state index in [2.05, 4.69) is 6.58 Å². The monoisotopic (exact) mass is 276 g/mol. The number of nitrogens with two attached hydrogens (primary N) is 1. The zero-order valence-electron chi connectivity index (χ0n) is 12.7. The van der Waals surface area contributed by atoms with Crippen molar-refractivity contribution in [3.8, 4) is 0 Å². The molecule has 0 aromatic rings. The van der Waals surface area contributed by atoms with Crippen molar-refractivity contribution in [3.63, 3.8) is 0 Å². The minimum atomic E-state index is -0.343. The number of carbonyl (C=O) groups is 1. The third-order valence-electron chi connectivity index (χ3n) is 2.61. The minimum Gasteiger partial charge on any atom is -0.395 e. The van der Waals surface area contributed by atoms with Crippen molar-refractivity contribution in [1.82, 2.24) is 4.90 Å². The van der Waals surface area contributed by atoms with Crippen molar-refractivity contribution in [2.75, 3.05) is 13.7 Å². The van der Waals surface area contributed by atoms with Crippen LogP contribution in [-0.2, 0) is 4.79 Å². The Labute approximate surface area is 121 Å². The molecule has 0 radical (unpaired) electrons. The lowest BCUT2D eigenvalue weighted by Crippen LogP contribution is -2.26. The van der Waals surface area contributed by atoms with Gasteiger partial charge in [0.2, 0.25) is 0 Å². The molecule has 0 heterocycles. The van der Waals surface area contributed by atoms with Gasteiger partial charge in [0.1, 0.15) is 0 Å². The van der Waals surface area contributed by atoms with Crippen LogP contribution < -0.4 is 5.73 Å². The predicted octanol–water partition coefficient (Wildman–Crippen LogP) is 2.26. The molecule has 0 rings (SSSR count). The van der Waals surface area contributed by atoms with Crippen LogP contribution in [0.1, 0.15) is 20.8 Å². The predicted molar refractivity (Wildman–Crippen MR) is 83.6 cm³/mol. The van der Waals surface area contributed by atoms with Gasteiger partial charge in [-0.3, -0.25) is 4.79 Å². The van der Waals surface area contributed by atoms with Gasteiger partial charge in [-0.2, -0.15) is 0 Å². The van der Waals surface area contributed by atoms with Crippen LogP contribution in [0, 0.1) is 0 Å². The molecule has 0 aliphatic rings. The Balaban J connectivity index is 5.17. The Morgan fingerprint density at radius 2 is 2.00 bits per heavy atom. The SMILES string of the molecule is C=C(N)C(=O)N(C)/C=C(C)/C=C(CO)/C(C)=C\C=C/C. The highest BCUT2D eigenvalue weighted by molar-refractivity contribution is 5.92. The van der Waals surface area contributed by atoms with Gasteiger partial charge < -0.3 is 15.7 Å². The molecular formula is C16H24N2O2. The molecule has 0 aromatic carbocycles. The number of rotatable bonds is 6. The van der Waals surface area contributed by atoms with Crippen LogP contribution >= 0.6 is 0 Å². The molecule has 0 fully saturated rings. The van der Waals surface area contributed by atoms with Crippen molar-refractivity contribution in [3.05, 3.63) is 59.5 Å². The van der Waals surface area contributed by atoms with Gasteiger partial charge in [-0.1, -0.05) is 30.9 Å². The highest BCUT2D eigenvalue weighted by Crippen LogP contribution is 2.12. The molecule has 0 unspecified atom stereocenters. The molecule has 0 aromatic heterocycles. The maximum atomic E-state index is 11.6. The molecule has 0 saturated carbocycles. The molecule has 4 heteroatoms. The lowest BCUT2D eigenvalue weighted by atomic mass is 10.1. The first-order valence-electron chi connectivity index (χ1n) is 6.34. The van der Waals surface area contributed by atoms with Gasteiger partial charge in [-0.25, -0.2) is 0 Å². The third-order valence-corrected chi connectivity index (χ3v) is 2.61. The van der Waals surface area contributed by atoms with Crippen molar-refractivity contribution >= 4 is 5.91 Å². The van der Waals surface area contributed by atoms with Gasteiger partial charge >= 0.3 is 0 Å². The van der Waals surface area contributed by atoms with Crippen LogP contribution in [0.15, 0.2) is 59.5 Å². The number of nitrogens with zero attached hydrogens (tertiary/aromatic N) is 1. The molecular weight excluding hydrogens is 252 g/mol. The van der Waals surface area contributed by atoms with E-state index >= 15 is 0 Å². The average Bonchev–Trinajstić information content (AvgIpc) is 2.40. The average molecular weight is 276 g/mol. The second-order valence-electron chi connectivity index (χ2n) is 4.52. The fourth-order valence-electron chi connectivity index (χ4n) is 1.53. The number of amides is 1. The second kappa shape index (κ2) is 8.93. The number of aliphatic hydroxyl groups excluding tert-OH is 1. The van der Waals surface area contributed by atoms with Crippen molar-refractivity contribution in [2.24, 2.45) is 5.73 Å². The third kappa shape index (κ3) is 6.20. The summed E-state index contributed by atoms with van der Waals surface area (Å²) in [6.45, 7) is 9.04. The van der Waals surface area contributed by atoms with Crippen LogP contribution in [0.5, 0.6) is 0 Å². The van der Waals surface area contributed by atoms with Crippen LogP contribution in [0.25, 0.3) is 0 Å². The van der Waals surface area contributed by atoms with Gasteiger partial charge in [0.05, 0.1) is 12.3 Å². The number of likely N-dealkylation sites (N-methyl/N-ethyl adjacent to an activating group) is 1. The molecule has 0 spiro atoms. The fourth-order valence-corrected chi connectivity index (χ4v) is 1.53.